The van der Waals surface area contributed by atoms with Gasteiger partial charge in [-0.15, -0.1) is 0 Å². The van der Waals surface area contributed by atoms with E-state index in [4.69, 9.17) is 4.74 Å². The Labute approximate surface area is 231 Å². The lowest BCUT2D eigenvalue weighted by Crippen LogP contribution is -2.25. The molecule has 0 aromatic carbocycles. The molecule has 4 fully saturated rings. The van der Waals surface area contributed by atoms with E-state index in [0.29, 0.717) is 0 Å². The maximum atomic E-state index is 5.93. The summed E-state index contributed by atoms with van der Waals surface area (Å²) in [4.78, 5) is 0. The van der Waals surface area contributed by atoms with Crippen molar-refractivity contribution in [1.82, 2.24) is 0 Å². The molecule has 4 aliphatic carbocycles. The predicted octanol–water partition coefficient (Wildman–Crippen LogP) is 10.9. The fourth-order valence-electron chi connectivity index (χ4n) is 9.03. The molecule has 0 atom stereocenters. The molecule has 1 nitrogen and oxygen atoms in total. The van der Waals surface area contributed by atoms with Crippen molar-refractivity contribution in [3.05, 3.63) is 24.3 Å². The molecule has 4 saturated carbocycles. The molecule has 1 heteroatoms. The summed E-state index contributed by atoms with van der Waals surface area (Å²) in [5, 5.41) is 0. The normalized spacial score (nSPS) is 37.9. The third kappa shape index (κ3) is 9.85. The SMILES string of the molecule is CCCC1CCC(C2CCC(/C=C/COC/C=C/C3CCC(C4CCC(CCC)CC4)CC3)CC2)CC1. The van der Waals surface area contributed by atoms with Crippen molar-refractivity contribution in [3.8, 4) is 0 Å². The molecule has 0 saturated heterocycles. The summed E-state index contributed by atoms with van der Waals surface area (Å²) in [5.41, 5.74) is 0. The third-order valence-corrected chi connectivity index (χ3v) is 11.4. The Kier molecular flexibility index (Phi) is 13.1. The lowest BCUT2D eigenvalue weighted by Gasteiger charge is -2.37. The molecule has 0 bridgehead atoms. The quantitative estimate of drug-likeness (QED) is 0.187. The van der Waals surface area contributed by atoms with Gasteiger partial charge in [-0.3, -0.25) is 0 Å². The van der Waals surface area contributed by atoms with Crippen LogP contribution in [0.1, 0.15) is 142 Å². The van der Waals surface area contributed by atoms with Crippen LogP contribution in [-0.4, -0.2) is 13.2 Å². The van der Waals surface area contributed by atoms with Crippen LogP contribution in [-0.2, 0) is 4.74 Å². The summed E-state index contributed by atoms with van der Waals surface area (Å²) < 4.78 is 5.93. The zero-order chi connectivity index (χ0) is 25.7. The van der Waals surface area contributed by atoms with Crippen LogP contribution in [0.15, 0.2) is 24.3 Å². The van der Waals surface area contributed by atoms with Gasteiger partial charge in [0.05, 0.1) is 13.2 Å². The van der Waals surface area contributed by atoms with E-state index in [9.17, 15) is 0 Å². The van der Waals surface area contributed by atoms with E-state index < -0.39 is 0 Å². The number of ether oxygens (including phenoxy) is 1. The first-order valence-electron chi connectivity index (χ1n) is 17.2. The summed E-state index contributed by atoms with van der Waals surface area (Å²) in [6.45, 7) is 6.29. The zero-order valence-electron chi connectivity index (χ0n) is 24.9. The van der Waals surface area contributed by atoms with Crippen LogP contribution in [0, 0.1) is 47.3 Å². The summed E-state index contributed by atoms with van der Waals surface area (Å²) in [5.74, 6) is 7.88. The third-order valence-electron chi connectivity index (χ3n) is 11.4. The Morgan fingerprint density at radius 3 is 1.11 bits per heavy atom. The Balaban J connectivity index is 1.01. The van der Waals surface area contributed by atoms with E-state index in [1.807, 2.05) is 0 Å². The van der Waals surface area contributed by atoms with Gasteiger partial charge in [-0.2, -0.15) is 0 Å². The molecule has 37 heavy (non-hydrogen) atoms. The maximum Gasteiger partial charge on any atom is 0.0651 e. The van der Waals surface area contributed by atoms with Gasteiger partial charge in [0, 0.05) is 0 Å². The molecule has 4 aliphatic rings. The summed E-state index contributed by atoms with van der Waals surface area (Å²) in [7, 11) is 0. The van der Waals surface area contributed by atoms with Gasteiger partial charge in [0.1, 0.15) is 0 Å². The predicted molar refractivity (Wildman–Crippen MR) is 161 cm³/mol. The number of rotatable bonds is 12. The first-order valence-corrected chi connectivity index (χ1v) is 17.2. The first-order chi connectivity index (χ1) is 18.2. The molecule has 0 aliphatic heterocycles. The average Bonchev–Trinajstić information content (AvgIpc) is 2.94. The van der Waals surface area contributed by atoms with E-state index in [2.05, 4.69) is 38.2 Å². The molecule has 0 heterocycles. The Morgan fingerprint density at radius 1 is 0.459 bits per heavy atom. The van der Waals surface area contributed by atoms with E-state index in [1.54, 1.807) is 0 Å². The molecule has 0 unspecified atom stereocenters. The van der Waals surface area contributed by atoms with Crippen LogP contribution >= 0.6 is 0 Å². The van der Waals surface area contributed by atoms with Crippen molar-refractivity contribution in [3.63, 3.8) is 0 Å². The molecule has 0 N–H and O–H groups in total. The van der Waals surface area contributed by atoms with Crippen molar-refractivity contribution in [2.24, 2.45) is 47.3 Å². The number of allylic oxidation sites excluding steroid dienone is 2. The second-order valence-corrected chi connectivity index (χ2v) is 13.9. The molecule has 212 valence electrons. The van der Waals surface area contributed by atoms with Crippen LogP contribution in [0.2, 0.25) is 0 Å². The van der Waals surface area contributed by atoms with Gasteiger partial charge in [0.2, 0.25) is 0 Å². The molecule has 0 amide bonds. The minimum absolute atomic E-state index is 0.791. The molecule has 0 aromatic heterocycles. The molecule has 0 spiro atoms. The summed E-state index contributed by atoms with van der Waals surface area (Å²) >= 11 is 0. The van der Waals surface area contributed by atoms with Gasteiger partial charge < -0.3 is 4.74 Å². The molecule has 0 radical (unpaired) electrons. The minimum Gasteiger partial charge on any atom is -0.373 e. The largest absolute Gasteiger partial charge is 0.373 e. The van der Waals surface area contributed by atoms with Gasteiger partial charge in [0.15, 0.2) is 0 Å². The van der Waals surface area contributed by atoms with Crippen molar-refractivity contribution in [2.45, 2.75) is 142 Å². The zero-order valence-corrected chi connectivity index (χ0v) is 24.9. The first kappa shape index (κ1) is 29.4. The van der Waals surface area contributed by atoms with E-state index in [0.717, 1.165) is 60.6 Å². The minimum atomic E-state index is 0.791. The van der Waals surface area contributed by atoms with Crippen LogP contribution in [0.3, 0.4) is 0 Å². The average molecular weight is 511 g/mol. The highest BCUT2D eigenvalue weighted by Crippen LogP contribution is 2.43. The summed E-state index contributed by atoms with van der Waals surface area (Å²) in [6.07, 6.45) is 39.1. The van der Waals surface area contributed by atoms with Crippen LogP contribution in [0.25, 0.3) is 0 Å². The van der Waals surface area contributed by atoms with Crippen molar-refractivity contribution in [2.75, 3.05) is 13.2 Å². The Bertz CT molecular complexity index is 576. The van der Waals surface area contributed by atoms with Crippen LogP contribution in [0.5, 0.6) is 0 Å². The van der Waals surface area contributed by atoms with E-state index in [1.165, 1.54) is 128 Å². The monoisotopic (exact) mass is 510 g/mol. The lowest BCUT2D eigenvalue weighted by molar-refractivity contribution is 0.151. The molecular weight excluding hydrogens is 448 g/mol. The summed E-state index contributed by atoms with van der Waals surface area (Å²) in [6, 6.07) is 0. The Hall–Kier alpha value is -0.560. The molecular formula is C36H62O. The van der Waals surface area contributed by atoms with Crippen molar-refractivity contribution >= 4 is 0 Å². The van der Waals surface area contributed by atoms with E-state index in [-0.39, 0.29) is 0 Å². The number of hydrogen-bond acceptors (Lipinski definition) is 1. The maximum absolute atomic E-state index is 5.93. The second-order valence-electron chi connectivity index (χ2n) is 13.9. The standard InChI is InChI=1S/C36H62O/c1-3-7-29-11-19-33(20-12-29)35-23-15-31(16-24-35)9-5-27-37-28-6-10-32-17-25-36(26-18-32)34-21-13-30(8-4-2)14-22-34/h5-6,9-10,29-36H,3-4,7-8,11-28H2,1-2H3/b9-5+,10-6+. The van der Waals surface area contributed by atoms with Crippen LogP contribution in [0.4, 0.5) is 0 Å². The van der Waals surface area contributed by atoms with Crippen molar-refractivity contribution < 1.29 is 4.74 Å². The highest BCUT2D eigenvalue weighted by Gasteiger charge is 2.31. The Morgan fingerprint density at radius 2 is 0.784 bits per heavy atom. The van der Waals surface area contributed by atoms with Crippen LogP contribution < -0.4 is 0 Å². The van der Waals surface area contributed by atoms with Gasteiger partial charge in [-0.05, 0) is 124 Å². The van der Waals surface area contributed by atoms with Gasteiger partial charge in [-0.25, -0.2) is 0 Å². The fourth-order valence-corrected chi connectivity index (χ4v) is 9.03. The molecule has 4 rings (SSSR count). The lowest BCUT2D eigenvalue weighted by atomic mass is 9.69. The second kappa shape index (κ2) is 16.5. The topological polar surface area (TPSA) is 9.23 Å². The van der Waals surface area contributed by atoms with Crippen molar-refractivity contribution in [1.29, 1.82) is 0 Å². The highest BCUT2D eigenvalue weighted by molar-refractivity contribution is 4.95. The van der Waals surface area contributed by atoms with Gasteiger partial charge >= 0.3 is 0 Å². The highest BCUT2D eigenvalue weighted by atomic mass is 16.5. The molecule has 0 aromatic rings. The van der Waals surface area contributed by atoms with E-state index >= 15 is 0 Å². The van der Waals surface area contributed by atoms with Gasteiger partial charge in [0.25, 0.3) is 0 Å². The smallest absolute Gasteiger partial charge is 0.0651 e. The van der Waals surface area contributed by atoms with Gasteiger partial charge in [-0.1, -0.05) is 89.5 Å². The number of hydrogen-bond donors (Lipinski definition) is 0. The fraction of sp³-hybridized carbons (Fsp3) is 0.889.